The molecule has 1 aliphatic heterocycles. The van der Waals surface area contributed by atoms with Crippen molar-refractivity contribution in [3.8, 4) is 11.4 Å². The largest absolute Gasteiger partial charge is 0.342 e. The summed E-state index contributed by atoms with van der Waals surface area (Å²) in [5.41, 5.74) is 0.877. The molecule has 0 N–H and O–H groups in total. The maximum Gasteiger partial charge on any atom is 0.230 e. The Bertz CT molecular complexity index is 927. The first-order chi connectivity index (χ1) is 13.1. The number of tetrazole rings is 1. The number of piperidine rings is 1. The van der Waals surface area contributed by atoms with Crippen LogP contribution in [-0.2, 0) is 18.3 Å². The van der Waals surface area contributed by atoms with E-state index >= 15 is 0 Å². The van der Waals surface area contributed by atoms with E-state index in [-0.39, 0.29) is 18.4 Å². The highest BCUT2D eigenvalue weighted by atomic mass is 35.5. The number of likely N-dealkylation sites (tertiary alicyclic amines) is 1. The molecule has 2 aromatic heterocycles. The quantitative estimate of drug-likeness (QED) is 0.674. The zero-order valence-electron chi connectivity index (χ0n) is 14.9. The van der Waals surface area contributed by atoms with Crippen LogP contribution in [0.2, 0.25) is 5.02 Å². The van der Waals surface area contributed by atoms with Gasteiger partial charge in [0.1, 0.15) is 12.2 Å². The second kappa shape index (κ2) is 7.43. The highest BCUT2D eigenvalue weighted by molar-refractivity contribution is 6.30. The minimum atomic E-state index is 0.0675. The lowest BCUT2D eigenvalue weighted by Gasteiger charge is -2.31. The van der Waals surface area contributed by atoms with Crippen molar-refractivity contribution in [1.82, 2.24) is 39.9 Å². The highest BCUT2D eigenvalue weighted by Crippen LogP contribution is 2.23. The van der Waals surface area contributed by atoms with Crippen LogP contribution in [0.4, 0.5) is 0 Å². The third-order valence-electron chi connectivity index (χ3n) is 4.79. The van der Waals surface area contributed by atoms with E-state index in [0.29, 0.717) is 29.8 Å². The van der Waals surface area contributed by atoms with Crippen molar-refractivity contribution in [2.75, 3.05) is 13.1 Å². The number of aromatic nitrogens is 7. The SMILES string of the molecule is Cn1ncnc1CC(=O)N1CCC(n2nnc(-c3ccc(Cl)cc3)n2)CC1. The minimum Gasteiger partial charge on any atom is -0.342 e. The maximum atomic E-state index is 12.5. The summed E-state index contributed by atoms with van der Waals surface area (Å²) < 4.78 is 1.63. The van der Waals surface area contributed by atoms with Crippen molar-refractivity contribution in [1.29, 1.82) is 0 Å². The minimum absolute atomic E-state index is 0.0675. The first-order valence-corrected chi connectivity index (χ1v) is 9.14. The third kappa shape index (κ3) is 3.82. The second-order valence-electron chi connectivity index (χ2n) is 6.53. The van der Waals surface area contributed by atoms with Crippen LogP contribution in [0.5, 0.6) is 0 Å². The number of nitrogens with zero attached hydrogens (tertiary/aromatic N) is 8. The number of amides is 1. The molecule has 0 radical (unpaired) electrons. The van der Waals surface area contributed by atoms with Gasteiger partial charge in [-0.3, -0.25) is 9.48 Å². The van der Waals surface area contributed by atoms with Crippen molar-refractivity contribution < 1.29 is 4.79 Å². The molecule has 1 aliphatic rings. The van der Waals surface area contributed by atoms with Gasteiger partial charge in [0, 0.05) is 30.7 Å². The Balaban J connectivity index is 1.36. The van der Waals surface area contributed by atoms with Gasteiger partial charge in [0.05, 0.1) is 12.5 Å². The molecule has 1 aromatic carbocycles. The Labute approximate surface area is 160 Å². The van der Waals surface area contributed by atoms with Crippen LogP contribution in [0.3, 0.4) is 0 Å². The standard InChI is InChI=1S/C17H19ClN8O/c1-24-15(19-11-20-24)10-16(27)25-8-6-14(7-9-25)26-22-17(21-23-26)12-2-4-13(18)5-3-12/h2-5,11,14H,6-10H2,1H3. The molecule has 3 aromatic rings. The molecule has 1 fully saturated rings. The molecule has 3 heterocycles. The number of halogens is 1. The lowest BCUT2D eigenvalue weighted by atomic mass is 10.1. The molecule has 140 valence electrons. The van der Waals surface area contributed by atoms with Gasteiger partial charge in [0.15, 0.2) is 0 Å². The molecule has 0 unspecified atom stereocenters. The smallest absolute Gasteiger partial charge is 0.230 e. The molecule has 4 rings (SSSR count). The molecule has 1 saturated heterocycles. The number of aryl methyl sites for hydroxylation is 1. The predicted octanol–water partition coefficient (Wildman–Crippen LogP) is 1.53. The zero-order valence-corrected chi connectivity index (χ0v) is 15.6. The molecule has 0 bridgehead atoms. The van der Waals surface area contributed by atoms with Crippen molar-refractivity contribution in [3.05, 3.63) is 41.4 Å². The lowest BCUT2D eigenvalue weighted by molar-refractivity contribution is -0.132. The maximum absolute atomic E-state index is 12.5. The molecule has 0 saturated carbocycles. The highest BCUT2D eigenvalue weighted by Gasteiger charge is 2.26. The summed E-state index contributed by atoms with van der Waals surface area (Å²) in [4.78, 5) is 20.1. The molecule has 1 amide bonds. The van der Waals surface area contributed by atoms with Gasteiger partial charge in [0.2, 0.25) is 11.7 Å². The van der Waals surface area contributed by atoms with Crippen LogP contribution in [0.15, 0.2) is 30.6 Å². The molecule has 0 aliphatic carbocycles. The number of rotatable bonds is 4. The lowest BCUT2D eigenvalue weighted by Crippen LogP contribution is -2.40. The van der Waals surface area contributed by atoms with Gasteiger partial charge in [-0.05, 0) is 42.3 Å². The normalized spacial score (nSPS) is 15.3. The zero-order chi connectivity index (χ0) is 18.8. The average molecular weight is 387 g/mol. The summed E-state index contributed by atoms with van der Waals surface area (Å²) in [7, 11) is 1.79. The number of benzene rings is 1. The molecule has 27 heavy (non-hydrogen) atoms. The van der Waals surface area contributed by atoms with E-state index in [0.717, 1.165) is 18.4 Å². The number of carbonyl (C=O) groups is 1. The molecular formula is C17H19ClN8O. The fraction of sp³-hybridized carbons (Fsp3) is 0.412. The van der Waals surface area contributed by atoms with Gasteiger partial charge in [-0.15, -0.1) is 10.2 Å². The van der Waals surface area contributed by atoms with Crippen LogP contribution < -0.4 is 0 Å². The van der Waals surface area contributed by atoms with E-state index in [2.05, 4.69) is 25.5 Å². The van der Waals surface area contributed by atoms with Crippen LogP contribution in [0.25, 0.3) is 11.4 Å². The van der Waals surface area contributed by atoms with Crippen LogP contribution >= 0.6 is 11.6 Å². The molecule has 0 atom stereocenters. The monoisotopic (exact) mass is 386 g/mol. The van der Waals surface area contributed by atoms with Crippen LogP contribution in [-0.4, -0.2) is 58.9 Å². The first-order valence-electron chi connectivity index (χ1n) is 8.76. The van der Waals surface area contributed by atoms with E-state index in [1.54, 1.807) is 28.7 Å². The summed E-state index contributed by atoms with van der Waals surface area (Å²) in [6.45, 7) is 1.33. The van der Waals surface area contributed by atoms with E-state index in [1.165, 1.54) is 6.33 Å². The Kier molecular flexibility index (Phi) is 4.85. The summed E-state index contributed by atoms with van der Waals surface area (Å²) in [5.74, 6) is 1.32. The van der Waals surface area contributed by atoms with E-state index in [4.69, 9.17) is 11.6 Å². The molecular weight excluding hydrogens is 368 g/mol. The Hall–Kier alpha value is -2.81. The fourth-order valence-corrected chi connectivity index (χ4v) is 3.29. The van der Waals surface area contributed by atoms with Crippen molar-refractivity contribution in [2.45, 2.75) is 25.3 Å². The van der Waals surface area contributed by atoms with E-state index < -0.39 is 0 Å². The summed E-state index contributed by atoms with van der Waals surface area (Å²) in [5, 5.41) is 17.5. The second-order valence-corrected chi connectivity index (χ2v) is 6.97. The predicted molar refractivity (Wildman–Crippen MR) is 97.8 cm³/mol. The number of hydrogen-bond acceptors (Lipinski definition) is 6. The Morgan fingerprint density at radius 3 is 2.63 bits per heavy atom. The van der Waals surface area contributed by atoms with Crippen molar-refractivity contribution >= 4 is 17.5 Å². The van der Waals surface area contributed by atoms with Crippen LogP contribution in [0, 0.1) is 0 Å². The van der Waals surface area contributed by atoms with Crippen LogP contribution in [0.1, 0.15) is 24.7 Å². The fourth-order valence-electron chi connectivity index (χ4n) is 3.17. The molecule has 9 nitrogen and oxygen atoms in total. The van der Waals surface area contributed by atoms with Gasteiger partial charge in [-0.25, -0.2) is 4.98 Å². The van der Waals surface area contributed by atoms with Gasteiger partial charge in [-0.1, -0.05) is 11.6 Å². The summed E-state index contributed by atoms with van der Waals surface area (Å²) in [6, 6.07) is 7.49. The topological polar surface area (TPSA) is 94.6 Å². The van der Waals surface area contributed by atoms with E-state index in [9.17, 15) is 4.79 Å². The van der Waals surface area contributed by atoms with Crippen molar-refractivity contribution in [3.63, 3.8) is 0 Å². The number of carbonyl (C=O) groups excluding carboxylic acids is 1. The summed E-state index contributed by atoms with van der Waals surface area (Å²) in [6.07, 6.45) is 3.31. The Morgan fingerprint density at radius 1 is 1.22 bits per heavy atom. The first kappa shape index (κ1) is 17.6. The Morgan fingerprint density at radius 2 is 1.96 bits per heavy atom. The van der Waals surface area contributed by atoms with Gasteiger partial charge < -0.3 is 4.90 Å². The van der Waals surface area contributed by atoms with Gasteiger partial charge in [-0.2, -0.15) is 9.90 Å². The van der Waals surface area contributed by atoms with Crippen molar-refractivity contribution in [2.24, 2.45) is 7.05 Å². The third-order valence-corrected chi connectivity index (χ3v) is 5.04. The summed E-state index contributed by atoms with van der Waals surface area (Å²) >= 11 is 5.92. The average Bonchev–Trinajstić information content (AvgIpc) is 3.32. The molecule has 10 heteroatoms. The van der Waals surface area contributed by atoms with E-state index in [1.807, 2.05) is 17.0 Å². The number of hydrogen-bond donors (Lipinski definition) is 0. The van der Waals surface area contributed by atoms with Gasteiger partial charge in [0.25, 0.3) is 0 Å². The molecule has 0 spiro atoms. The van der Waals surface area contributed by atoms with Gasteiger partial charge >= 0.3 is 0 Å².